The van der Waals surface area contributed by atoms with Gasteiger partial charge in [-0.1, -0.05) is 44.2 Å². The molecular formula is C16H23N3. The summed E-state index contributed by atoms with van der Waals surface area (Å²) in [7, 11) is 0. The van der Waals surface area contributed by atoms with Crippen molar-refractivity contribution in [2.24, 2.45) is 5.92 Å². The van der Waals surface area contributed by atoms with Gasteiger partial charge in [-0.2, -0.15) is 0 Å². The summed E-state index contributed by atoms with van der Waals surface area (Å²) in [6, 6.07) is 10.5. The first-order chi connectivity index (χ1) is 9.08. The molecule has 0 bridgehead atoms. The molecule has 2 N–H and O–H groups in total. The summed E-state index contributed by atoms with van der Waals surface area (Å²) in [5.74, 6) is 2.44. The van der Waals surface area contributed by atoms with Crippen LogP contribution in [0.3, 0.4) is 0 Å². The van der Waals surface area contributed by atoms with Crippen molar-refractivity contribution < 1.29 is 0 Å². The van der Waals surface area contributed by atoms with E-state index in [4.69, 9.17) is 5.73 Å². The lowest BCUT2D eigenvalue weighted by Gasteiger charge is -2.10. The Morgan fingerprint density at radius 2 is 1.84 bits per heavy atom. The zero-order valence-corrected chi connectivity index (χ0v) is 12.1. The lowest BCUT2D eigenvalue weighted by atomic mass is 10.1. The maximum absolute atomic E-state index is 6.22. The first-order valence-electron chi connectivity index (χ1n) is 6.93. The lowest BCUT2D eigenvalue weighted by Crippen LogP contribution is -2.10. The third kappa shape index (κ3) is 3.37. The highest BCUT2D eigenvalue weighted by Crippen LogP contribution is 2.18. The van der Waals surface area contributed by atoms with Crippen LogP contribution in [-0.4, -0.2) is 9.55 Å². The van der Waals surface area contributed by atoms with Crippen molar-refractivity contribution in [1.82, 2.24) is 9.55 Å². The average Bonchev–Trinajstić information content (AvgIpc) is 2.65. The van der Waals surface area contributed by atoms with Crippen molar-refractivity contribution >= 4 is 5.82 Å². The Labute approximate surface area is 115 Å². The smallest absolute Gasteiger partial charge is 0.126 e. The number of nitrogens with zero attached hydrogens (tertiary/aromatic N) is 2. The molecular weight excluding hydrogens is 234 g/mol. The van der Waals surface area contributed by atoms with Crippen molar-refractivity contribution in [3.8, 4) is 0 Å². The second-order valence-corrected chi connectivity index (χ2v) is 5.48. The number of benzene rings is 1. The number of hydrogen-bond donors (Lipinski definition) is 1. The van der Waals surface area contributed by atoms with Gasteiger partial charge in [-0.05, 0) is 31.2 Å². The van der Waals surface area contributed by atoms with Gasteiger partial charge in [-0.15, -0.1) is 0 Å². The standard InChI is InChI=1S/C16H23N3/c1-12(2)11-19-13(3)18-15(16(19)17)10-9-14-7-5-4-6-8-14/h4-8,12H,9-11,17H2,1-3H3. The molecule has 1 aromatic heterocycles. The molecule has 0 amide bonds. The largest absolute Gasteiger partial charge is 0.384 e. The van der Waals surface area contributed by atoms with E-state index < -0.39 is 0 Å². The van der Waals surface area contributed by atoms with E-state index in [1.54, 1.807) is 0 Å². The summed E-state index contributed by atoms with van der Waals surface area (Å²) < 4.78 is 2.13. The van der Waals surface area contributed by atoms with E-state index in [1.807, 2.05) is 13.0 Å². The second kappa shape index (κ2) is 5.91. The number of anilines is 1. The molecule has 3 nitrogen and oxygen atoms in total. The van der Waals surface area contributed by atoms with Crippen LogP contribution >= 0.6 is 0 Å². The van der Waals surface area contributed by atoms with Gasteiger partial charge in [-0.25, -0.2) is 4.98 Å². The van der Waals surface area contributed by atoms with Gasteiger partial charge in [0.1, 0.15) is 11.6 Å². The van der Waals surface area contributed by atoms with Crippen LogP contribution in [0, 0.1) is 12.8 Å². The summed E-state index contributed by atoms with van der Waals surface area (Å²) in [4.78, 5) is 4.62. The van der Waals surface area contributed by atoms with Crippen molar-refractivity contribution in [3.63, 3.8) is 0 Å². The number of hydrogen-bond acceptors (Lipinski definition) is 2. The van der Waals surface area contributed by atoms with Gasteiger partial charge in [0.25, 0.3) is 0 Å². The fourth-order valence-corrected chi connectivity index (χ4v) is 2.33. The SMILES string of the molecule is Cc1nc(CCc2ccccc2)c(N)n1CC(C)C. The van der Waals surface area contributed by atoms with Crippen molar-refractivity contribution in [3.05, 3.63) is 47.4 Å². The van der Waals surface area contributed by atoms with E-state index in [1.165, 1.54) is 5.56 Å². The fourth-order valence-electron chi connectivity index (χ4n) is 2.33. The number of rotatable bonds is 5. The van der Waals surface area contributed by atoms with Gasteiger partial charge >= 0.3 is 0 Å². The number of aryl methyl sites for hydroxylation is 3. The lowest BCUT2D eigenvalue weighted by molar-refractivity contribution is 0.518. The first kappa shape index (κ1) is 13.7. The quantitative estimate of drug-likeness (QED) is 0.893. The summed E-state index contributed by atoms with van der Waals surface area (Å²) >= 11 is 0. The molecule has 3 heteroatoms. The minimum atomic E-state index is 0.581. The Hall–Kier alpha value is -1.77. The van der Waals surface area contributed by atoms with Gasteiger partial charge in [0.15, 0.2) is 0 Å². The van der Waals surface area contributed by atoms with Crippen LogP contribution < -0.4 is 5.73 Å². The van der Waals surface area contributed by atoms with E-state index >= 15 is 0 Å². The Morgan fingerprint density at radius 1 is 1.16 bits per heavy atom. The third-order valence-electron chi connectivity index (χ3n) is 3.31. The number of nitrogen functional groups attached to an aromatic ring is 1. The molecule has 19 heavy (non-hydrogen) atoms. The Balaban J connectivity index is 2.09. The summed E-state index contributed by atoms with van der Waals surface area (Å²) in [5, 5.41) is 0. The van der Waals surface area contributed by atoms with Crippen LogP contribution in [0.4, 0.5) is 5.82 Å². The van der Waals surface area contributed by atoms with Crippen molar-refractivity contribution in [2.75, 3.05) is 5.73 Å². The maximum Gasteiger partial charge on any atom is 0.126 e. The molecule has 0 saturated heterocycles. The molecule has 0 fully saturated rings. The molecule has 2 rings (SSSR count). The molecule has 2 aromatic rings. The summed E-state index contributed by atoms with van der Waals surface area (Å²) in [6.45, 7) is 7.37. The van der Waals surface area contributed by atoms with Gasteiger partial charge in [-0.3, -0.25) is 0 Å². The van der Waals surface area contributed by atoms with E-state index in [2.05, 4.69) is 47.7 Å². The van der Waals surface area contributed by atoms with E-state index in [0.717, 1.165) is 36.7 Å². The molecule has 0 unspecified atom stereocenters. The predicted octanol–water partition coefficient (Wildman–Crippen LogP) is 3.21. The van der Waals surface area contributed by atoms with Gasteiger partial charge in [0.05, 0.1) is 5.69 Å². The van der Waals surface area contributed by atoms with E-state index in [-0.39, 0.29) is 0 Å². The van der Waals surface area contributed by atoms with Gasteiger partial charge in [0.2, 0.25) is 0 Å². The summed E-state index contributed by atoms with van der Waals surface area (Å²) in [5.41, 5.74) is 8.58. The van der Waals surface area contributed by atoms with Crippen molar-refractivity contribution in [2.45, 2.75) is 40.2 Å². The molecule has 1 aromatic carbocycles. The monoisotopic (exact) mass is 257 g/mol. The molecule has 0 aliphatic heterocycles. The van der Waals surface area contributed by atoms with Crippen molar-refractivity contribution in [1.29, 1.82) is 0 Å². The molecule has 1 heterocycles. The Kier molecular flexibility index (Phi) is 4.25. The molecule has 0 aliphatic rings. The van der Waals surface area contributed by atoms with E-state index in [0.29, 0.717) is 5.92 Å². The topological polar surface area (TPSA) is 43.8 Å². The van der Waals surface area contributed by atoms with Gasteiger partial charge in [0, 0.05) is 6.54 Å². The highest BCUT2D eigenvalue weighted by atomic mass is 15.1. The van der Waals surface area contributed by atoms with Crippen LogP contribution in [0.5, 0.6) is 0 Å². The average molecular weight is 257 g/mol. The van der Waals surface area contributed by atoms with Gasteiger partial charge < -0.3 is 10.3 Å². The van der Waals surface area contributed by atoms with Crippen LogP contribution in [0.25, 0.3) is 0 Å². The molecule has 0 atom stereocenters. The third-order valence-corrected chi connectivity index (χ3v) is 3.31. The van der Waals surface area contributed by atoms with Crippen LogP contribution in [-0.2, 0) is 19.4 Å². The molecule has 0 aliphatic carbocycles. The highest BCUT2D eigenvalue weighted by molar-refractivity contribution is 5.38. The molecule has 102 valence electrons. The van der Waals surface area contributed by atoms with Crippen LogP contribution in [0.2, 0.25) is 0 Å². The normalized spacial score (nSPS) is 11.2. The van der Waals surface area contributed by atoms with Crippen LogP contribution in [0.15, 0.2) is 30.3 Å². The Bertz CT molecular complexity index is 526. The minimum absolute atomic E-state index is 0.581. The Morgan fingerprint density at radius 3 is 2.47 bits per heavy atom. The molecule has 0 spiro atoms. The first-order valence-corrected chi connectivity index (χ1v) is 6.93. The predicted molar refractivity (Wildman–Crippen MR) is 80.1 cm³/mol. The molecule has 0 saturated carbocycles. The zero-order valence-electron chi connectivity index (χ0n) is 12.1. The van der Waals surface area contributed by atoms with E-state index in [9.17, 15) is 0 Å². The number of imidazole rings is 1. The number of nitrogens with two attached hydrogens (primary N) is 1. The minimum Gasteiger partial charge on any atom is -0.384 e. The fraction of sp³-hybridized carbons (Fsp3) is 0.438. The maximum atomic E-state index is 6.22. The summed E-state index contributed by atoms with van der Waals surface area (Å²) in [6.07, 6.45) is 1.89. The zero-order chi connectivity index (χ0) is 13.8. The highest BCUT2D eigenvalue weighted by Gasteiger charge is 2.12. The van der Waals surface area contributed by atoms with Crippen LogP contribution in [0.1, 0.15) is 30.9 Å². The second-order valence-electron chi connectivity index (χ2n) is 5.48. The molecule has 0 radical (unpaired) electrons. The number of aromatic nitrogens is 2.